The van der Waals surface area contributed by atoms with E-state index in [0.717, 1.165) is 25.7 Å². The Balaban J connectivity index is 1.95. The molecule has 2 aliphatic rings. The Kier molecular flexibility index (Phi) is 6.20. The van der Waals surface area contributed by atoms with E-state index in [1.807, 2.05) is 0 Å². The maximum Gasteiger partial charge on any atom is 0.295 e. The lowest BCUT2D eigenvalue weighted by Crippen LogP contribution is -2.37. The molecule has 1 aliphatic carbocycles. The minimum absolute atomic E-state index is 0.0177. The van der Waals surface area contributed by atoms with Gasteiger partial charge in [0.2, 0.25) is 0 Å². The number of hydrogen-bond donors (Lipinski definition) is 1. The Morgan fingerprint density at radius 1 is 1.03 bits per heavy atom. The summed E-state index contributed by atoms with van der Waals surface area (Å²) in [7, 11) is 1.40. The van der Waals surface area contributed by atoms with Crippen LogP contribution in [0, 0.1) is 0 Å². The van der Waals surface area contributed by atoms with Gasteiger partial charge in [-0.3, -0.25) is 9.59 Å². The molecule has 0 spiro atoms. The van der Waals surface area contributed by atoms with Gasteiger partial charge in [0, 0.05) is 16.1 Å². The topological polar surface area (TPSA) is 66.8 Å². The third kappa shape index (κ3) is 3.91. The number of carbonyl (C=O) groups is 2. The summed E-state index contributed by atoms with van der Waals surface area (Å²) in [5.74, 6) is -1.58. The normalized spacial score (nSPS) is 21.2. The van der Waals surface area contributed by atoms with Gasteiger partial charge < -0.3 is 14.7 Å². The third-order valence-electron chi connectivity index (χ3n) is 5.85. The van der Waals surface area contributed by atoms with Gasteiger partial charge in [-0.2, -0.15) is 0 Å². The number of Topliss-reactive ketones (excluding diaryl/α,β-unsaturated/α-hetero) is 1. The van der Waals surface area contributed by atoms with Crippen LogP contribution in [0.2, 0.25) is 15.1 Å². The minimum atomic E-state index is -0.748. The second-order valence-corrected chi connectivity index (χ2v) is 8.94. The van der Waals surface area contributed by atoms with E-state index in [-0.39, 0.29) is 38.7 Å². The van der Waals surface area contributed by atoms with E-state index >= 15 is 0 Å². The summed E-state index contributed by atoms with van der Waals surface area (Å²) in [5.41, 5.74) is 0.823. The number of carbonyl (C=O) groups excluding carboxylic acids is 2. The smallest absolute Gasteiger partial charge is 0.295 e. The molecule has 2 fully saturated rings. The molecule has 1 atom stereocenters. The largest absolute Gasteiger partial charge is 0.507 e. The zero-order chi connectivity index (χ0) is 22.3. The molecule has 1 unspecified atom stereocenters. The quantitative estimate of drug-likeness (QED) is 0.330. The number of aliphatic hydroxyl groups is 1. The summed E-state index contributed by atoms with van der Waals surface area (Å²) >= 11 is 18.4. The molecule has 8 heteroatoms. The van der Waals surface area contributed by atoms with E-state index in [4.69, 9.17) is 39.5 Å². The lowest BCUT2D eigenvalue weighted by molar-refractivity contribution is -0.141. The van der Waals surface area contributed by atoms with Crippen LogP contribution in [0.15, 0.2) is 42.0 Å². The number of benzene rings is 2. The Labute approximate surface area is 195 Å². The summed E-state index contributed by atoms with van der Waals surface area (Å²) in [6, 6.07) is 9.03. The van der Waals surface area contributed by atoms with Crippen LogP contribution < -0.4 is 4.74 Å². The zero-order valence-electron chi connectivity index (χ0n) is 16.7. The fourth-order valence-electron chi connectivity index (χ4n) is 4.47. The number of amides is 1. The number of halogens is 3. The van der Waals surface area contributed by atoms with E-state index in [2.05, 4.69) is 0 Å². The maximum absolute atomic E-state index is 13.2. The van der Waals surface area contributed by atoms with Crippen LogP contribution in [0.5, 0.6) is 5.75 Å². The highest BCUT2D eigenvalue weighted by Crippen LogP contribution is 2.45. The molecule has 1 heterocycles. The van der Waals surface area contributed by atoms with Crippen molar-refractivity contribution in [2.45, 2.75) is 37.8 Å². The second kappa shape index (κ2) is 8.73. The molecule has 0 aromatic heterocycles. The molecule has 2 aromatic carbocycles. The number of ketones is 1. The molecule has 1 amide bonds. The zero-order valence-corrected chi connectivity index (χ0v) is 19.0. The average Bonchev–Trinajstić information content (AvgIpc) is 3.35. The summed E-state index contributed by atoms with van der Waals surface area (Å²) in [6.45, 7) is 0. The molecule has 0 bridgehead atoms. The SMILES string of the molecule is COc1c(Cl)cc(Cl)cc1/C(O)=C1\C(=O)C(=O)N(C2CCCC2)C1c1ccc(Cl)cc1. The molecular formula is C23H20Cl3NO4. The van der Waals surface area contributed by atoms with Crippen molar-refractivity contribution in [3.8, 4) is 5.75 Å². The van der Waals surface area contributed by atoms with Crippen molar-refractivity contribution < 1.29 is 19.4 Å². The predicted octanol–water partition coefficient (Wildman–Crippen LogP) is 6.02. The van der Waals surface area contributed by atoms with Crippen molar-refractivity contribution in [3.05, 3.63) is 68.2 Å². The van der Waals surface area contributed by atoms with Crippen molar-refractivity contribution in [1.82, 2.24) is 4.90 Å². The molecule has 5 nitrogen and oxygen atoms in total. The molecule has 1 aliphatic heterocycles. The molecule has 1 saturated carbocycles. The second-order valence-electron chi connectivity index (χ2n) is 7.66. The summed E-state index contributed by atoms with van der Waals surface area (Å²) in [5, 5.41) is 12.3. The first-order valence-corrected chi connectivity index (χ1v) is 11.1. The Morgan fingerprint density at radius 3 is 2.29 bits per heavy atom. The van der Waals surface area contributed by atoms with Crippen molar-refractivity contribution in [2.24, 2.45) is 0 Å². The van der Waals surface area contributed by atoms with Gasteiger partial charge >= 0.3 is 0 Å². The minimum Gasteiger partial charge on any atom is -0.507 e. The van der Waals surface area contributed by atoms with Crippen molar-refractivity contribution in [1.29, 1.82) is 0 Å². The van der Waals surface area contributed by atoms with Crippen LogP contribution in [0.4, 0.5) is 0 Å². The lowest BCUT2D eigenvalue weighted by Gasteiger charge is -2.30. The van der Waals surface area contributed by atoms with Gasteiger partial charge in [-0.1, -0.05) is 59.8 Å². The number of ether oxygens (including phenoxy) is 1. The first-order chi connectivity index (χ1) is 14.8. The third-order valence-corrected chi connectivity index (χ3v) is 6.60. The van der Waals surface area contributed by atoms with Crippen LogP contribution in [-0.4, -0.2) is 34.8 Å². The molecule has 162 valence electrons. The first kappa shape index (κ1) is 22.0. The average molecular weight is 481 g/mol. The maximum atomic E-state index is 13.2. The molecule has 1 saturated heterocycles. The van der Waals surface area contributed by atoms with E-state index in [0.29, 0.717) is 10.6 Å². The number of rotatable bonds is 4. The molecule has 1 N–H and O–H groups in total. The van der Waals surface area contributed by atoms with Gasteiger partial charge in [-0.15, -0.1) is 0 Å². The van der Waals surface area contributed by atoms with Crippen LogP contribution in [-0.2, 0) is 9.59 Å². The van der Waals surface area contributed by atoms with E-state index in [1.165, 1.54) is 19.2 Å². The van der Waals surface area contributed by atoms with Crippen LogP contribution in [0.25, 0.3) is 5.76 Å². The number of nitrogens with zero attached hydrogens (tertiary/aromatic N) is 1. The fraction of sp³-hybridized carbons (Fsp3) is 0.304. The Bertz CT molecular complexity index is 1070. The molecule has 31 heavy (non-hydrogen) atoms. The van der Waals surface area contributed by atoms with Gasteiger partial charge in [0.15, 0.2) is 0 Å². The molecular weight excluding hydrogens is 461 g/mol. The van der Waals surface area contributed by atoms with Crippen molar-refractivity contribution in [3.63, 3.8) is 0 Å². The van der Waals surface area contributed by atoms with Crippen LogP contribution in [0.3, 0.4) is 0 Å². The fourth-order valence-corrected chi connectivity index (χ4v) is 5.17. The summed E-state index contributed by atoms with van der Waals surface area (Å²) in [6.07, 6.45) is 3.59. The Morgan fingerprint density at radius 2 is 1.68 bits per heavy atom. The number of hydrogen-bond acceptors (Lipinski definition) is 4. The summed E-state index contributed by atoms with van der Waals surface area (Å²) in [4.78, 5) is 27.9. The molecule has 2 aromatic rings. The van der Waals surface area contributed by atoms with Gasteiger partial charge in [0.25, 0.3) is 11.7 Å². The van der Waals surface area contributed by atoms with E-state index < -0.39 is 17.7 Å². The first-order valence-electron chi connectivity index (χ1n) is 9.92. The number of likely N-dealkylation sites (tertiary alicyclic amines) is 1. The van der Waals surface area contributed by atoms with Crippen molar-refractivity contribution >= 4 is 52.3 Å². The van der Waals surface area contributed by atoms with Gasteiger partial charge in [-0.25, -0.2) is 0 Å². The van der Waals surface area contributed by atoms with Gasteiger partial charge in [-0.05, 0) is 42.7 Å². The number of methoxy groups -OCH3 is 1. The number of aliphatic hydroxyl groups excluding tert-OH is 1. The van der Waals surface area contributed by atoms with E-state index in [1.54, 1.807) is 29.2 Å². The molecule has 4 rings (SSSR count). The monoisotopic (exact) mass is 479 g/mol. The highest BCUT2D eigenvalue weighted by Gasteiger charge is 2.49. The van der Waals surface area contributed by atoms with Gasteiger partial charge in [0.05, 0.1) is 29.3 Å². The highest BCUT2D eigenvalue weighted by molar-refractivity contribution is 6.47. The van der Waals surface area contributed by atoms with Crippen LogP contribution in [0.1, 0.15) is 42.9 Å². The summed E-state index contributed by atoms with van der Waals surface area (Å²) < 4.78 is 5.35. The predicted molar refractivity (Wildman–Crippen MR) is 121 cm³/mol. The van der Waals surface area contributed by atoms with Crippen molar-refractivity contribution in [2.75, 3.05) is 7.11 Å². The van der Waals surface area contributed by atoms with Crippen LogP contribution >= 0.6 is 34.8 Å². The van der Waals surface area contributed by atoms with E-state index in [9.17, 15) is 14.7 Å². The van der Waals surface area contributed by atoms with Gasteiger partial charge in [0.1, 0.15) is 11.5 Å². The highest BCUT2D eigenvalue weighted by atomic mass is 35.5. The Hall–Kier alpha value is -2.21. The standard InChI is InChI=1S/C23H20Cl3NO4/c1-31-22-16(10-14(25)11-17(22)26)20(28)18-19(12-6-8-13(24)9-7-12)27(23(30)21(18)29)15-4-2-3-5-15/h6-11,15,19,28H,2-5H2,1H3/b20-18+. The molecule has 0 radical (unpaired) electrons. The lowest BCUT2D eigenvalue weighted by atomic mass is 9.94.